The predicted octanol–water partition coefficient (Wildman–Crippen LogP) is 2.87. The van der Waals surface area contributed by atoms with E-state index in [4.69, 9.17) is 4.74 Å². The maximum absolute atomic E-state index is 13.1. The van der Waals surface area contributed by atoms with E-state index in [0.717, 1.165) is 32.4 Å². The molecule has 136 valence electrons. The third-order valence-corrected chi connectivity index (χ3v) is 6.14. The molecule has 1 fully saturated rings. The molecule has 1 aliphatic rings. The molecule has 1 saturated heterocycles. The standard InChI is InChI=1S/C18H30N2O3S/c1-4-13-20(16-9-11-19-12-10-16)24(21,22)18-7-5-17(6-8-18)23-14-15(2)3/h5-8,15-16,19H,4,9-14H2,1-3H3. The Labute approximate surface area is 146 Å². The highest BCUT2D eigenvalue weighted by molar-refractivity contribution is 7.89. The lowest BCUT2D eigenvalue weighted by atomic mass is 10.1. The molecule has 5 nitrogen and oxygen atoms in total. The van der Waals surface area contributed by atoms with Gasteiger partial charge in [0.2, 0.25) is 10.0 Å². The fraction of sp³-hybridized carbons (Fsp3) is 0.667. The van der Waals surface area contributed by atoms with E-state index in [9.17, 15) is 8.42 Å². The molecule has 0 saturated carbocycles. The van der Waals surface area contributed by atoms with Crippen molar-refractivity contribution in [2.24, 2.45) is 5.92 Å². The first-order valence-corrected chi connectivity index (χ1v) is 10.3. The van der Waals surface area contributed by atoms with Crippen molar-refractivity contribution in [3.8, 4) is 5.75 Å². The molecule has 0 bridgehead atoms. The van der Waals surface area contributed by atoms with Gasteiger partial charge in [-0.3, -0.25) is 0 Å². The van der Waals surface area contributed by atoms with E-state index in [0.29, 0.717) is 29.7 Å². The zero-order valence-electron chi connectivity index (χ0n) is 15.0. The molecule has 0 amide bonds. The predicted molar refractivity (Wildman–Crippen MR) is 96.8 cm³/mol. The highest BCUT2D eigenvalue weighted by Gasteiger charge is 2.31. The molecular formula is C18H30N2O3S. The smallest absolute Gasteiger partial charge is 0.243 e. The number of ether oxygens (including phenoxy) is 1. The Balaban J connectivity index is 2.16. The minimum Gasteiger partial charge on any atom is -0.493 e. The van der Waals surface area contributed by atoms with Gasteiger partial charge in [0.1, 0.15) is 5.75 Å². The van der Waals surface area contributed by atoms with Gasteiger partial charge in [-0.05, 0) is 62.5 Å². The number of benzene rings is 1. The van der Waals surface area contributed by atoms with E-state index in [1.807, 2.05) is 6.92 Å². The Morgan fingerprint density at radius 1 is 1.21 bits per heavy atom. The first-order chi connectivity index (χ1) is 11.4. The van der Waals surface area contributed by atoms with Crippen molar-refractivity contribution < 1.29 is 13.2 Å². The Hall–Kier alpha value is -1.11. The molecule has 1 aromatic rings. The third kappa shape index (κ3) is 4.94. The van der Waals surface area contributed by atoms with Gasteiger partial charge in [-0.2, -0.15) is 4.31 Å². The van der Waals surface area contributed by atoms with Crippen molar-refractivity contribution in [3.05, 3.63) is 24.3 Å². The third-order valence-electron chi connectivity index (χ3n) is 4.17. The molecule has 0 aliphatic carbocycles. The topological polar surface area (TPSA) is 58.6 Å². The van der Waals surface area contributed by atoms with Crippen molar-refractivity contribution in [1.29, 1.82) is 0 Å². The van der Waals surface area contributed by atoms with Gasteiger partial charge in [-0.15, -0.1) is 0 Å². The van der Waals surface area contributed by atoms with Crippen molar-refractivity contribution >= 4 is 10.0 Å². The second kappa shape index (κ2) is 8.83. The van der Waals surface area contributed by atoms with E-state index in [2.05, 4.69) is 19.2 Å². The van der Waals surface area contributed by atoms with Gasteiger partial charge in [0.25, 0.3) is 0 Å². The number of rotatable bonds is 8. The van der Waals surface area contributed by atoms with E-state index in [1.54, 1.807) is 28.6 Å². The summed E-state index contributed by atoms with van der Waals surface area (Å²) in [6.45, 7) is 9.14. The van der Waals surface area contributed by atoms with E-state index in [1.165, 1.54) is 0 Å². The molecule has 24 heavy (non-hydrogen) atoms. The highest BCUT2D eigenvalue weighted by atomic mass is 32.2. The normalized spacial score (nSPS) is 16.7. The van der Waals surface area contributed by atoms with Gasteiger partial charge < -0.3 is 10.1 Å². The first-order valence-electron chi connectivity index (χ1n) is 8.90. The minimum atomic E-state index is -3.46. The van der Waals surface area contributed by atoms with Crippen LogP contribution in [0, 0.1) is 5.92 Å². The van der Waals surface area contributed by atoms with Crippen LogP contribution < -0.4 is 10.1 Å². The number of nitrogens with zero attached hydrogens (tertiary/aromatic N) is 1. The van der Waals surface area contributed by atoms with Crippen LogP contribution in [0.15, 0.2) is 29.2 Å². The Bertz CT molecular complexity index is 593. The second-order valence-corrected chi connectivity index (χ2v) is 8.66. The van der Waals surface area contributed by atoms with Gasteiger partial charge in [-0.1, -0.05) is 20.8 Å². The van der Waals surface area contributed by atoms with Crippen LogP contribution in [-0.4, -0.2) is 45.0 Å². The van der Waals surface area contributed by atoms with Crippen LogP contribution >= 0.6 is 0 Å². The van der Waals surface area contributed by atoms with Crippen LogP contribution in [0.4, 0.5) is 0 Å². The van der Waals surface area contributed by atoms with Gasteiger partial charge in [0.05, 0.1) is 11.5 Å². The summed E-state index contributed by atoms with van der Waals surface area (Å²) in [5.41, 5.74) is 0. The van der Waals surface area contributed by atoms with Gasteiger partial charge >= 0.3 is 0 Å². The average molecular weight is 355 g/mol. The molecule has 1 aromatic carbocycles. The van der Waals surface area contributed by atoms with Crippen LogP contribution in [0.1, 0.15) is 40.0 Å². The van der Waals surface area contributed by atoms with E-state index >= 15 is 0 Å². The molecule has 1 heterocycles. The van der Waals surface area contributed by atoms with Crippen LogP contribution in [0.3, 0.4) is 0 Å². The van der Waals surface area contributed by atoms with Crippen molar-refractivity contribution in [1.82, 2.24) is 9.62 Å². The molecule has 0 radical (unpaired) electrons. The van der Waals surface area contributed by atoms with E-state index < -0.39 is 10.0 Å². The SMILES string of the molecule is CCCN(C1CCNCC1)S(=O)(=O)c1ccc(OCC(C)C)cc1. The van der Waals surface area contributed by atoms with Crippen LogP contribution in [0.25, 0.3) is 0 Å². The number of sulfonamides is 1. The van der Waals surface area contributed by atoms with Crippen molar-refractivity contribution in [2.45, 2.75) is 51.0 Å². The van der Waals surface area contributed by atoms with E-state index in [-0.39, 0.29) is 6.04 Å². The molecule has 2 rings (SSSR count). The van der Waals surface area contributed by atoms with Gasteiger partial charge in [0, 0.05) is 12.6 Å². The zero-order chi connectivity index (χ0) is 17.6. The van der Waals surface area contributed by atoms with Crippen LogP contribution in [0.5, 0.6) is 5.75 Å². The quantitative estimate of drug-likeness (QED) is 0.780. The second-order valence-electron chi connectivity index (χ2n) is 6.77. The average Bonchev–Trinajstić information content (AvgIpc) is 2.59. The number of nitrogens with one attached hydrogen (secondary N) is 1. The van der Waals surface area contributed by atoms with Crippen LogP contribution in [0.2, 0.25) is 0 Å². The molecule has 0 unspecified atom stereocenters. The van der Waals surface area contributed by atoms with Gasteiger partial charge in [-0.25, -0.2) is 8.42 Å². The van der Waals surface area contributed by atoms with Crippen LogP contribution in [-0.2, 0) is 10.0 Å². The Kier molecular flexibility index (Phi) is 7.07. The number of hydrogen-bond acceptors (Lipinski definition) is 4. The summed E-state index contributed by atoms with van der Waals surface area (Å²) in [6.07, 6.45) is 2.56. The molecule has 1 aliphatic heterocycles. The maximum Gasteiger partial charge on any atom is 0.243 e. The number of hydrogen-bond donors (Lipinski definition) is 1. The summed E-state index contributed by atoms with van der Waals surface area (Å²) < 4.78 is 33.5. The fourth-order valence-electron chi connectivity index (χ4n) is 2.92. The fourth-order valence-corrected chi connectivity index (χ4v) is 4.70. The largest absolute Gasteiger partial charge is 0.493 e. The Morgan fingerprint density at radius 2 is 1.83 bits per heavy atom. The van der Waals surface area contributed by atoms with Crippen molar-refractivity contribution in [2.75, 3.05) is 26.2 Å². The summed E-state index contributed by atoms with van der Waals surface area (Å²) >= 11 is 0. The summed E-state index contributed by atoms with van der Waals surface area (Å²) in [5, 5.41) is 3.30. The lowest BCUT2D eigenvalue weighted by molar-refractivity contribution is 0.262. The lowest BCUT2D eigenvalue weighted by Gasteiger charge is -2.33. The van der Waals surface area contributed by atoms with Crippen molar-refractivity contribution in [3.63, 3.8) is 0 Å². The summed E-state index contributed by atoms with van der Waals surface area (Å²) in [5.74, 6) is 1.15. The molecule has 0 spiro atoms. The monoisotopic (exact) mass is 354 g/mol. The molecule has 1 N–H and O–H groups in total. The molecule has 0 aromatic heterocycles. The minimum absolute atomic E-state index is 0.0908. The summed E-state index contributed by atoms with van der Waals surface area (Å²) in [7, 11) is -3.46. The molecular weight excluding hydrogens is 324 g/mol. The lowest BCUT2D eigenvalue weighted by Crippen LogP contribution is -2.46. The number of piperidine rings is 1. The Morgan fingerprint density at radius 3 is 2.38 bits per heavy atom. The molecule has 0 atom stereocenters. The summed E-state index contributed by atoms with van der Waals surface area (Å²) in [6, 6.07) is 6.92. The maximum atomic E-state index is 13.1. The summed E-state index contributed by atoms with van der Waals surface area (Å²) in [4.78, 5) is 0.353. The highest BCUT2D eigenvalue weighted by Crippen LogP contribution is 2.24. The molecule has 6 heteroatoms. The first kappa shape index (κ1) is 19.2. The van der Waals surface area contributed by atoms with Gasteiger partial charge in [0.15, 0.2) is 0 Å². The zero-order valence-corrected chi connectivity index (χ0v) is 15.8.